The highest BCUT2D eigenvalue weighted by Crippen LogP contribution is 2.30. The molecule has 0 unspecified atom stereocenters. The standard InChI is InChI=1S/C10H5Cl3N2/c11-8-2-1-6(5-9(8)12)7-3-4-14-15-10(7)13/h1-5H. The van der Waals surface area contributed by atoms with Crippen LogP contribution in [0.25, 0.3) is 11.1 Å². The summed E-state index contributed by atoms with van der Waals surface area (Å²) < 4.78 is 0. The maximum absolute atomic E-state index is 5.91. The quantitative estimate of drug-likeness (QED) is 0.770. The van der Waals surface area contributed by atoms with Gasteiger partial charge in [0.05, 0.1) is 16.2 Å². The smallest absolute Gasteiger partial charge is 0.158 e. The molecule has 0 fully saturated rings. The summed E-state index contributed by atoms with van der Waals surface area (Å²) in [5.74, 6) is 0. The second-order valence-corrected chi connectivity index (χ2v) is 4.04. The fourth-order valence-corrected chi connectivity index (χ4v) is 1.71. The van der Waals surface area contributed by atoms with Crippen molar-refractivity contribution >= 4 is 34.8 Å². The van der Waals surface area contributed by atoms with Gasteiger partial charge < -0.3 is 0 Å². The monoisotopic (exact) mass is 258 g/mol. The lowest BCUT2D eigenvalue weighted by molar-refractivity contribution is 1.03. The summed E-state index contributed by atoms with van der Waals surface area (Å²) in [7, 11) is 0. The van der Waals surface area contributed by atoms with Gasteiger partial charge in [0, 0.05) is 5.56 Å². The van der Waals surface area contributed by atoms with E-state index in [2.05, 4.69) is 10.2 Å². The Bertz CT molecular complexity index is 500. The summed E-state index contributed by atoms with van der Waals surface area (Å²) in [6, 6.07) is 7.06. The lowest BCUT2D eigenvalue weighted by atomic mass is 10.1. The molecule has 0 aliphatic rings. The van der Waals surface area contributed by atoms with Crippen LogP contribution in [0.3, 0.4) is 0 Å². The van der Waals surface area contributed by atoms with Gasteiger partial charge >= 0.3 is 0 Å². The first kappa shape index (κ1) is 10.7. The van der Waals surface area contributed by atoms with Crippen LogP contribution in [-0.2, 0) is 0 Å². The van der Waals surface area contributed by atoms with Gasteiger partial charge in [0.25, 0.3) is 0 Å². The number of nitrogens with zero attached hydrogens (tertiary/aromatic N) is 2. The molecule has 0 bridgehead atoms. The van der Waals surface area contributed by atoms with E-state index in [1.165, 1.54) is 0 Å². The Hall–Kier alpha value is -0.830. The summed E-state index contributed by atoms with van der Waals surface area (Å²) >= 11 is 17.6. The van der Waals surface area contributed by atoms with Gasteiger partial charge in [-0.05, 0) is 23.8 Å². The van der Waals surface area contributed by atoms with Crippen LogP contribution in [0.5, 0.6) is 0 Å². The molecule has 0 amide bonds. The van der Waals surface area contributed by atoms with Gasteiger partial charge in [-0.3, -0.25) is 0 Å². The van der Waals surface area contributed by atoms with Crippen LogP contribution in [0.2, 0.25) is 15.2 Å². The van der Waals surface area contributed by atoms with Crippen molar-refractivity contribution in [1.29, 1.82) is 0 Å². The van der Waals surface area contributed by atoms with E-state index in [1.807, 2.05) is 6.07 Å². The molecule has 1 aromatic heterocycles. The van der Waals surface area contributed by atoms with E-state index in [-0.39, 0.29) is 0 Å². The van der Waals surface area contributed by atoms with Crippen molar-refractivity contribution in [2.24, 2.45) is 0 Å². The van der Waals surface area contributed by atoms with E-state index in [1.54, 1.807) is 24.4 Å². The molecule has 15 heavy (non-hydrogen) atoms. The summed E-state index contributed by atoms with van der Waals surface area (Å²) in [6.45, 7) is 0. The lowest BCUT2D eigenvalue weighted by Crippen LogP contribution is -1.85. The Labute approximate surface area is 102 Å². The molecule has 0 radical (unpaired) electrons. The second-order valence-electron chi connectivity index (χ2n) is 2.86. The van der Waals surface area contributed by atoms with Gasteiger partial charge in [-0.2, -0.15) is 5.10 Å². The number of halogens is 3. The van der Waals surface area contributed by atoms with Crippen LogP contribution in [-0.4, -0.2) is 10.2 Å². The number of rotatable bonds is 1. The van der Waals surface area contributed by atoms with Gasteiger partial charge in [0.15, 0.2) is 5.15 Å². The molecule has 1 heterocycles. The first-order chi connectivity index (χ1) is 7.18. The van der Waals surface area contributed by atoms with E-state index < -0.39 is 0 Å². The summed E-state index contributed by atoms with van der Waals surface area (Å²) in [5.41, 5.74) is 1.65. The third kappa shape index (κ3) is 2.23. The Kier molecular flexibility index (Phi) is 3.10. The van der Waals surface area contributed by atoms with Gasteiger partial charge in [0.1, 0.15) is 0 Å². The molecule has 0 aliphatic carbocycles. The highest BCUT2D eigenvalue weighted by Gasteiger charge is 2.06. The van der Waals surface area contributed by atoms with Gasteiger partial charge in [0.2, 0.25) is 0 Å². The molecule has 2 aromatic rings. The zero-order valence-electron chi connectivity index (χ0n) is 7.42. The first-order valence-electron chi connectivity index (χ1n) is 4.11. The Balaban J connectivity index is 2.55. The maximum atomic E-state index is 5.91. The maximum Gasteiger partial charge on any atom is 0.159 e. The zero-order chi connectivity index (χ0) is 10.8. The molecule has 76 valence electrons. The molecular formula is C10H5Cl3N2. The molecule has 2 nitrogen and oxygen atoms in total. The van der Waals surface area contributed by atoms with Gasteiger partial charge in [-0.25, -0.2) is 0 Å². The van der Waals surface area contributed by atoms with Crippen molar-refractivity contribution in [3.8, 4) is 11.1 Å². The van der Waals surface area contributed by atoms with Crippen LogP contribution in [0, 0.1) is 0 Å². The average Bonchev–Trinajstić information content (AvgIpc) is 2.23. The zero-order valence-corrected chi connectivity index (χ0v) is 9.68. The summed E-state index contributed by atoms with van der Waals surface area (Å²) in [6.07, 6.45) is 1.57. The van der Waals surface area contributed by atoms with Crippen molar-refractivity contribution in [2.45, 2.75) is 0 Å². The molecule has 0 saturated carbocycles. The molecule has 5 heteroatoms. The van der Waals surface area contributed by atoms with Crippen molar-refractivity contribution in [1.82, 2.24) is 10.2 Å². The first-order valence-corrected chi connectivity index (χ1v) is 5.24. The lowest BCUT2D eigenvalue weighted by Gasteiger charge is -2.03. The molecule has 2 rings (SSSR count). The van der Waals surface area contributed by atoms with E-state index in [0.717, 1.165) is 11.1 Å². The number of benzene rings is 1. The topological polar surface area (TPSA) is 25.8 Å². The predicted molar refractivity (Wildman–Crippen MR) is 62.5 cm³/mol. The molecule has 0 spiro atoms. The fourth-order valence-electron chi connectivity index (χ4n) is 1.19. The molecular weight excluding hydrogens is 254 g/mol. The normalized spacial score (nSPS) is 10.3. The summed E-state index contributed by atoms with van der Waals surface area (Å²) in [4.78, 5) is 0. The molecule has 0 saturated heterocycles. The van der Waals surface area contributed by atoms with E-state index >= 15 is 0 Å². The summed E-state index contributed by atoms with van der Waals surface area (Å²) in [5, 5.41) is 8.76. The van der Waals surface area contributed by atoms with Crippen LogP contribution in [0.4, 0.5) is 0 Å². The van der Waals surface area contributed by atoms with Gasteiger partial charge in [-0.1, -0.05) is 40.9 Å². The number of hydrogen-bond donors (Lipinski definition) is 0. The SMILES string of the molecule is Clc1ccc(-c2ccnnc2Cl)cc1Cl. The Morgan fingerprint density at radius 3 is 2.40 bits per heavy atom. The second kappa shape index (κ2) is 4.35. The van der Waals surface area contributed by atoms with E-state index in [9.17, 15) is 0 Å². The van der Waals surface area contributed by atoms with E-state index in [0.29, 0.717) is 15.2 Å². The van der Waals surface area contributed by atoms with Crippen molar-refractivity contribution in [2.75, 3.05) is 0 Å². The minimum Gasteiger partial charge on any atom is -0.158 e. The number of hydrogen-bond acceptors (Lipinski definition) is 2. The van der Waals surface area contributed by atoms with Crippen LogP contribution in [0.15, 0.2) is 30.5 Å². The molecule has 0 atom stereocenters. The highest BCUT2D eigenvalue weighted by atomic mass is 35.5. The Morgan fingerprint density at radius 1 is 0.933 bits per heavy atom. The highest BCUT2D eigenvalue weighted by molar-refractivity contribution is 6.42. The minimum absolute atomic E-state index is 0.343. The largest absolute Gasteiger partial charge is 0.159 e. The fraction of sp³-hybridized carbons (Fsp3) is 0. The number of aromatic nitrogens is 2. The predicted octanol–water partition coefficient (Wildman–Crippen LogP) is 4.10. The van der Waals surface area contributed by atoms with Crippen LogP contribution < -0.4 is 0 Å². The molecule has 1 aromatic carbocycles. The van der Waals surface area contributed by atoms with E-state index in [4.69, 9.17) is 34.8 Å². The third-order valence-electron chi connectivity index (χ3n) is 1.91. The third-order valence-corrected chi connectivity index (χ3v) is 2.92. The van der Waals surface area contributed by atoms with Crippen molar-refractivity contribution in [3.05, 3.63) is 45.7 Å². The van der Waals surface area contributed by atoms with Crippen molar-refractivity contribution < 1.29 is 0 Å². The molecule has 0 aliphatic heterocycles. The van der Waals surface area contributed by atoms with Gasteiger partial charge in [-0.15, -0.1) is 5.10 Å². The van der Waals surface area contributed by atoms with Crippen molar-refractivity contribution in [3.63, 3.8) is 0 Å². The Morgan fingerprint density at radius 2 is 1.73 bits per heavy atom. The molecule has 0 N–H and O–H groups in total. The average molecular weight is 260 g/mol. The minimum atomic E-state index is 0.343. The van der Waals surface area contributed by atoms with Crippen LogP contribution >= 0.6 is 34.8 Å². The van der Waals surface area contributed by atoms with Crippen LogP contribution in [0.1, 0.15) is 0 Å².